The maximum absolute atomic E-state index is 13.0. The molecule has 0 bridgehead atoms. The van der Waals surface area contributed by atoms with Crippen LogP contribution in [0.1, 0.15) is 60.3 Å². The molecule has 19 heavy (non-hydrogen) atoms. The Morgan fingerprint density at radius 3 is 2.05 bits per heavy atom. The molecule has 1 N–H and O–H groups in total. The van der Waals surface area contributed by atoms with E-state index in [1.54, 1.807) is 27.7 Å². The predicted molar refractivity (Wildman–Crippen MR) is 74.2 cm³/mol. The van der Waals surface area contributed by atoms with Crippen LogP contribution in [-0.2, 0) is 11.0 Å². The van der Waals surface area contributed by atoms with E-state index in [1.807, 2.05) is 6.92 Å². The predicted octanol–water partition coefficient (Wildman–Crippen LogP) is 4.19. The molecule has 116 valence electrons. The van der Waals surface area contributed by atoms with Crippen LogP contribution >= 0.6 is 0 Å². The van der Waals surface area contributed by atoms with E-state index in [0.717, 1.165) is 19.3 Å². The number of hydrogen-bond donors (Lipinski definition) is 1. The van der Waals surface area contributed by atoms with Crippen molar-refractivity contribution in [3.05, 3.63) is 0 Å². The Morgan fingerprint density at radius 2 is 1.68 bits per heavy atom. The molecule has 0 amide bonds. The normalized spacial score (nSPS) is 18.1. The zero-order chi connectivity index (χ0) is 15.3. The quantitative estimate of drug-likeness (QED) is 0.702. The van der Waals surface area contributed by atoms with Gasteiger partial charge >= 0.3 is 6.18 Å². The van der Waals surface area contributed by atoms with Crippen molar-refractivity contribution in [2.24, 2.45) is 5.92 Å². The Kier molecular flexibility index (Phi) is 7.58. The van der Waals surface area contributed by atoms with Crippen LogP contribution in [0.3, 0.4) is 0 Å². The summed E-state index contributed by atoms with van der Waals surface area (Å²) in [5.74, 6) is -0.571. The summed E-state index contributed by atoms with van der Waals surface area (Å²) in [5.41, 5.74) is 0. The zero-order valence-electron chi connectivity index (χ0n) is 12.4. The first kappa shape index (κ1) is 18.9. The molecule has 0 aromatic heterocycles. The summed E-state index contributed by atoms with van der Waals surface area (Å²) in [6.45, 7) is 8.56. The fourth-order valence-electron chi connectivity index (χ4n) is 1.68. The van der Waals surface area contributed by atoms with Gasteiger partial charge in [-0.05, 0) is 33.1 Å². The number of rotatable bonds is 7. The summed E-state index contributed by atoms with van der Waals surface area (Å²) in [7, 11) is -1.71. The molecule has 0 aromatic rings. The van der Waals surface area contributed by atoms with Gasteiger partial charge in [0.1, 0.15) is 6.04 Å². The van der Waals surface area contributed by atoms with Crippen molar-refractivity contribution in [1.29, 1.82) is 0 Å². The van der Waals surface area contributed by atoms with Crippen LogP contribution in [-0.4, -0.2) is 21.2 Å². The third-order valence-corrected chi connectivity index (χ3v) is 4.56. The molecule has 0 spiro atoms. The second kappa shape index (κ2) is 7.62. The van der Waals surface area contributed by atoms with E-state index in [9.17, 15) is 17.4 Å². The Hall–Kier alpha value is -0.100. The summed E-state index contributed by atoms with van der Waals surface area (Å²) < 4.78 is 52.5. The van der Waals surface area contributed by atoms with E-state index in [0.29, 0.717) is 6.42 Å². The third kappa shape index (κ3) is 7.30. The first-order valence-corrected chi connectivity index (χ1v) is 7.90. The minimum atomic E-state index is -4.37. The fourth-order valence-corrected chi connectivity index (χ4v) is 2.63. The molecule has 0 heterocycles. The standard InChI is InChI=1S/C13H26F3NOS/c1-6-7-8-9-10(2)11(13(14,15)16)17-19(18)12(3,4)5/h10-11,17H,6-9H2,1-5H3/t10-,11-,19-/m1/s1. The van der Waals surface area contributed by atoms with Gasteiger partial charge in [-0.2, -0.15) is 13.2 Å². The largest absolute Gasteiger partial charge is 0.405 e. The highest BCUT2D eigenvalue weighted by Gasteiger charge is 2.44. The van der Waals surface area contributed by atoms with Crippen LogP contribution in [0.2, 0.25) is 0 Å². The minimum Gasteiger partial charge on any atom is -0.242 e. The van der Waals surface area contributed by atoms with Gasteiger partial charge in [0.15, 0.2) is 0 Å². The van der Waals surface area contributed by atoms with Gasteiger partial charge in [-0.15, -0.1) is 0 Å². The smallest absolute Gasteiger partial charge is 0.242 e. The van der Waals surface area contributed by atoms with Crippen molar-refractivity contribution in [3.63, 3.8) is 0 Å². The molecule has 0 aromatic carbocycles. The van der Waals surface area contributed by atoms with Crippen molar-refractivity contribution in [3.8, 4) is 0 Å². The van der Waals surface area contributed by atoms with E-state index in [2.05, 4.69) is 4.72 Å². The number of unbranched alkanes of at least 4 members (excludes halogenated alkanes) is 2. The van der Waals surface area contributed by atoms with Gasteiger partial charge in [0.2, 0.25) is 0 Å². The van der Waals surface area contributed by atoms with Gasteiger partial charge in [-0.3, -0.25) is 0 Å². The van der Waals surface area contributed by atoms with E-state index < -0.39 is 33.9 Å². The lowest BCUT2D eigenvalue weighted by atomic mass is 9.95. The highest BCUT2D eigenvalue weighted by atomic mass is 32.2. The molecule has 0 saturated heterocycles. The van der Waals surface area contributed by atoms with E-state index in [-0.39, 0.29) is 0 Å². The lowest BCUT2D eigenvalue weighted by Crippen LogP contribution is -2.50. The Labute approximate surface area is 117 Å². The maximum Gasteiger partial charge on any atom is 0.405 e. The molecule has 0 unspecified atom stereocenters. The average molecular weight is 301 g/mol. The Bertz CT molecular complexity index is 287. The number of nitrogens with one attached hydrogen (secondary N) is 1. The molecule has 6 heteroatoms. The van der Waals surface area contributed by atoms with Crippen molar-refractivity contribution < 1.29 is 17.4 Å². The molecule has 2 nitrogen and oxygen atoms in total. The molecule has 0 fully saturated rings. The van der Waals surface area contributed by atoms with Crippen LogP contribution in [0.15, 0.2) is 0 Å². The molecule has 0 saturated carbocycles. The molecule has 3 atom stereocenters. The molecule has 0 rings (SSSR count). The summed E-state index contributed by atoms with van der Waals surface area (Å²) in [6, 6.07) is -1.70. The van der Waals surface area contributed by atoms with Crippen LogP contribution in [0.5, 0.6) is 0 Å². The minimum absolute atomic E-state index is 0.492. The highest BCUT2D eigenvalue weighted by molar-refractivity contribution is 7.84. The van der Waals surface area contributed by atoms with Gasteiger partial charge in [-0.1, -0.05) is 33.1 Å². The Balaban J connectivity index is 4.70. The van der Waals surface area contributed by atoms with E-state index in [4.69, 9.17) is 0 Å². The third-order valence-electron chi connectivity index (χ3n) is 2.97. The van der Waals surface area contributed by atoms with Crippen LogP contribution in [0, 0.1) is 5.92 Å². The summed E-state index contributed by atoms with van der Waals surface area (Å²) >= 11 is 0. The van der Waals surface area contributed by atoms with Gasteiger partial charge in [0.25, 0.3) is 0 Å². The van der Waals surface area contributed by atoms with Gasteiger partial charge in [0.05, 0.1) is 15.7 Å². The van der Waals surface area contributed by atoms with Gasteiger partial charge in [-0.25, -0.2) is 8.93 Å². The molecule has 0 aliphatic carbocycles. The second-order valence-electron chi connectivity index (χ2n) is 5.99. The fraction of sp³-hybridized carbons (Fsp3) is 1.00. The number of halogens is 3. The van der Waals surface area contributed by atoms with Gasteiger partial charge < -0.3 is 0 Å². The first-order chi connectivity index (χ1) is 8.50. The molecular weight excluding hydrogens is 275 g/mol. The van der Waals surface area contributed by atoms with E-state index >= 15 is 0 Å². The van der Waals surface area contributed by atoms with Crippen molar-refractivity contribution in [2.75, 3.05) is 0 Å². The van der Waals surface area contributed by atoms with Crippen LogP contribution in [0.25, 0.3) is 0 Å². The van der Waals surface area contributed by atoms with E-state index in [1.165, 1.54) is 0 Å². The second-order valence-corrected chi connectivity index (χ2v) is 7.99. The van der Waals surface area contributed by atoms with Crippen molar-refractivity contribution in [2.45, 2.75) is 77.3 Å². The van der Waals surface area contributed by atoms with Crippen LogP contribution in [0.4, 0.5) is 13.2 Å². The SMILES string of the molecule is CCCCC[C@@H](C)[C@@H](N[S@](=O)C(C)(C)C)C(F)(F)F. The zero-order valence-corrected chi connectivity index (χ0v) is 13.3. The Morgan fingerprint density at radius 1 is 1.16 bits per heavy atom. The summed E-state index contributed by atoms with van der Waals surface area (Å²) in [5, 5.41) is 0. The summed E-state index contributed by atoms with van der Waals surface area (Å²) in [6.07, 6.45) is -1.20. The topological polar surface area (TPSA) is 29.1 Å². The number of alkyl halides is 3. The van der Waals surface area contributed by atoms with Crippen LogP contribution < -0.4 is 4.72 Å². The summed E-state index contributed by atoms with van der Waals surface area (Å²) in [4.78, 5) is 0. The lowest BCUT2D eigenvalue weighted by molar-refractivity contribution is -0.162. The molecule has 0 aliphatic rings. The molecule has 0 aliphatic heterocycles. The average Bonchev–Trinajstić information content (AvgIpc) is 2.22. The highest BCUT2D eigenvalue weighted by Crippen LogP contribution is 2.29. The van der Waals surface area contributed by atoms with Crippen molar-refractivity contribution in [1.82, 2.24) is 4.72 Å². The molecule has 0 radical (unpaired) electrons. The molecular formula is C13H26F3NOS. The first-order valence-electron chi connectivity index (χ1n) is 6.75. The maximum atomic E-state index is 13.0. The number of hydrogen-bond acceptors (Lipinski definition) is 1. The van der Waals surface area contributed by atoms with Gasteiger partial charge in [0, 0.05) is 0 Å². The lowest BCUT2D eigenvalue weighted by Gasteiger charge is -2.30. The van der Waals surface area contributed by atoms with Crippen molar-refractivity contribution >= 4 is 11.0 Å². The monoisotopic (exact) mass is 301 g/mol.